The molecule has 8 heteroatoms. The third-order valence-corrected chi connectivity index (χ3v) is 5.63. The van der Waals surface area contributed by atoms with Crippen LogP contribution in [0.4, 0.5) is 0 Å². The Bertz CT molecular complexity index is 947. The van der Waals surface area contributed by atoms with Crippen molar-refractivity contribution in [3.05, 3.63) is 83.9 Å². The van der Waals surface area contributed by atoms with E-state index in [1.54, 1.807) is 70.5 Å². The zero-order valence-electron chi connectivity index (χ0n) is 21.3. The lowest BCUT2D eigenvalue weighted by Crippen LogP contribution is -2.36. The lowest BCUT2D eigenvalue weighted by atomic mass is 10.1. The predicted molar refractivity (Wildman–Crippen MR) is 136 cm³/mol. The highest BCUT2D eigenvalue weighted by Crippen LogP contribution is 2.22. The number of esters is 2. The zero-order chi connectivity index (χ0) is 26.5. The van der Waals surface area contributed by atoms with Crippen LogP contribution < -0.4 is 0 Å². The SMILES string of the molecule is CCN(CC)C(=O)[C@@H](OC(=O)/C=C/C(=O)O[C@H](C(=O)N(CC)CC)c1ccccc1)c1ccccc1. The largest absolute Gasteiger partial charge is 0.444 e. The normalized spacial score (nSPS) is 12.4. The fraction of sp³-hybridized carbons (Fsp3) is 0.357. The van der Waals surface area contributed by atoms with Gasteiger partial charge in [0.25, 0.3) is 11.8 Å². The first kappa shape index (κ1) is 28.3. The zero-order valence-corrected chi connectivity index (χ0v) is 21.3. The van der Waals surface area contributed by atoms with Crippen molar-refractivity contribution in [1.82, 2.24) is 9.80 Å². The number of carbonyl (C=O) groups excluding carboxylic acids is 4. The van der Waals surface area contributed by atoms with Crippen molar-refractivity contribution in [1.29, 1.82) is 0 Å². The summed E-state index contributed by atoms with van der Waals surface area (Å²) in [7, 11) is 0. The van der Waals surface area contributed by atoms with Crippen LogP contribution in [0.5, 0.6) is 0 Å². The van der Waals surface area contributed by atoms with E-state index in [1.165, 1.54) is 0 Å². The van der Waals surface area contributed by atoms with Crippen LogP contribution in [-0.2, 0) is 28.7 Å². The molecule has 2 aromatic carbocycles. The number of nitrogens with zero attached hydrogens (tertiary/aromatic N) is 2. The Kier molecular flexibility index (Phi) is 11.4. The lowest BCUT2D eigenvalue weighted by molar-refractivity contribution is -0.158. The van der Waals surface area contributed by atoms with Crippen LogP contribution in [0.1, 0.15) is 51.0 Å². The third-order valence-electron chi connectivity index (χ3n) is 5.63. The third kappa shape index (κ3) is 7.80. The minimum absolute atomic E-state index is 0.357. The first-order valence-corrected chi connectivity index (χ1v) is 12.1. The maximum atomic E-state index is 13.0. The van der Waals surface area contributed by atoms with Crippen molar-refractivity contribution >= 4 is 23.8 Å². The molecule has 2 rings (SSSR count). The molecule has 0 saturated carbocycles. The molecule has 0 aliphatic rings. The van der Waals surface area contributed by atoms with Crippen molar-refractivity contribution < 1.29 is 28.7 Å². The molecule has 8 nitrogen and oxygen atoms in total. The summed E-state index contributed by atoms with van der Waals surface area (Å²) in [5.41, 5.74) is 1.04. The minimum Gasteiger partial charge on any atom is -0.444 e. The van der Waals surface area contributed by atoms with E-state index in [0.29, 0.717) is 37.3 Å². The average molecular weight is 495 g/mol. The van der Waals surface area contributed by atoms with Crippen LogP contribution in [0.25, 0.3) is 0 Å². The van der Waals surface area contributed by atoms with Gasteiger partial charge >= 0.3 is 11.9 Å². The number of carbonyl (C=O) groups is 4. The molecule has 0 unspecified atom stereocenters. The highest BCUT2D eigenvalue weighted by Gasteiger charge is 2.29. The number of hydrogen-bond acceptors (Lipinski definition) is 6. The van der Waals surface area contributed by atoms with Gasteiger partial charge in [0.15, 0.2) is 0 Å². The fourth-order valence-corrected chi connectivity index (χ4v) is 3.63. The maximum absolute atomic E-state index is 13.0. The number of rotatable bonds is 12. The molecule has 0 aromatic heterocycles. The Labute approximate surface area is 212 Å². The summed E-state index contributed by atoms with van der Waals surface area (Å²) in [4.78, 5) is 54.2. The van der Waals surface area contributed by atoms with E-state index in [9.17, 15) is 19.2 Å². The highest BCUT2D eigenvalue weighted by molar-refractivity contribution is 5.95. The Hall–Kier alpha value is -3.94. The molecule has 0 saturated heterocycles. The van der Waals surface area contributed by atoms with E-state index in [4.69, 9.17) is 9.47 Å². The van der Waals surface area contributed by atoms with Gasteiger partial charge in [-0.05, 0) is 27.7 Å². The van der Waals surface area contributed by atoms with Crippen molar-refractivity contribution in [2.75, 3.05) is 26.2 Å². The molecule has 0 fully saturated rings. The number of hydrogen-bond donors (Lipinski definition) is 0. The van der Waals surface area contributed by atoms with Gasteiger partial charge < -0.3 is 19.3 Å². The van der Waals surface area contributed by atoms with Gasteiger partial charge in [0.1, 0.15) is 0 Å². The van der Waals surface area contributed by atoms with E-state index in [2.05, 4.69) is 0 Å². The quantitative estimate of drug-likeness (QED) is 0.329. The standard InChI is InChI=1S/C28H34N2O6/c1-5-29(6-2)27(33)25(21-15-11-9-12-16-21)35-23(31)19-20-24(32)36-26(22-17-13-10-14-18-22)28(34)30(7-3)8-4/h9-20,25-26H,5-8H2,1-4H3/b20-19+/t25-,26-/m0/s1. The second kappa shape index (κ2) is 14.5. The molecule has 0 spiro atoms. The summed E-state index contributed by atoms with van der Waals surface area (Å²) in [5, 5.41) is 0. The average Bonchev–Trinajstić information content (AvgIpc) is 2.91. The van der Waals surface area contributed by atoms with E-state index in [1.807, 2.05) is 27.7 Å². The summed E-state index contributed by atoms with van der Waals surface area (Å²) in [6.45, 7) is 9.18. The van der Waals surface area contributed by atoms with Crippen LogP contribution >= 0.6 is 0 Å². The number of amides is 2. The summed E-state index contributed by atoms with van der Waals surface area (Å²) in [5.74, 6) is -2.48. The highest BCUT2D eigenvalue weighted by atomic mass is 16.6. The second-order valence-corrected chi connectivity index (χ2v) is 7.81. The molecule has 0 bridgehead atoms. The first-order chi connectivity index (χ1) is 17.4. The van der Waals surface area contributed by atoms with Crippen LogP contribution in [0, 0.1) is 0 Å². The van der Waals surface area contributed by atoms with E-state index in [-0.39, 0.29) is 11.8 Å². The topological polar surface area (TPSA) is 93.2 Å². The van der Waals surface area contributed by atoms with Gasteiger partial charge in [-0.2, -0.15) is 0 Å². The molecule has 0 N–H and O–H groups in total. The fourth-order valence-electron chi connectivity index (χ4n) is 3.63. The molecule has 0 heterocycles. The van der Waals surface area contributed by atoms with Gasteiger partial charge in [-0.1, -0.05) is 60.7 Å². The lowest BCUT2D eigenvalue weighted by Gasteiger charge is -2.25. The summed E-state index contributed by atoms with van der Waals surface area (Å²) < 4.78 is 10.9. The van der Waals surface area contributed by atoms with E-state index < -0.39 is 24.1 Å². The van der Waals surface area contributed by atoms with Crippen molar-refractivity contribution in [3.8, 4) is 0 Å². The monoisotopic (exact) mass is 494 g/mol. The minimum atomic E-state index is -1.15. The number of ether oxygens (including phenoxy) is 2. The summed E-state index contributed by atoms with van der Waals surface area (Å²) >= 11 is 0. The Balaban J connectivity index is 2.17. The molecule has 0 radical (unpaired) electrons. The number of benzene rings is 2. The van der Waals surface area contributed by atoms with Crippen LogP contribution in [0.3, 0.4) is 0 Å². The van der Waals surface area contributed by atoms with Crippen molar-refractivity contribution in [2.45, 2.75) is 39.9 Å². The molecule has 36 heavy (non-hydrogen) atoms. The van der Waals surface area contributed by atoms with Crippen molar-refractivity contribution in [2.24, 2.45) is 0 Å². The Morgan fingerprint density at radius 2 is 0.917 bits per heavy atom. The second-order valence-electron chi connectivity index (χ2n) is 7.81. The molecule has 0 aliphatic heterocycles. The van der Waals surface area contributed by atoms with Gasteiger partial charge in [0.2, 0.25) is 12.2 Å². The molecule has 2 atom stereocenters. The molecular formula is C28H34N2O6. The first-order valence-electron chi connectivity index (χ1n) is 12.1. The molecular weight excluding hydrogens is 460 g/mol. The molecule has 2 amide bonds. The van der Waals surface area contributed by atoms with Crippen LogP contribution in [0.15, 0.2) is 72.8 Å². The summed E-state index contributed by atoms with van der Waals surface area (Å²) in [6, 6.07) is 17.4. The maximum Gasteiger partial charge on any atom is 0.332 e. The van der Waals surface area contributed by atoms with Gasteiger partial charge in [-0.15, -0.1) is 0 Å². The van der Waals surface area contributed by atoms with Gasteiger partial charge in [-0.3, -0.25) is 9.59 Å². The molecule has 192 valence electrons. The van der Waals surface area contributed by atoms with Gasteiger partial charge in [0.05, 0.1) is 0 Å². The van der Waals surface area contributed by atoms with Crippen LogP contribution in [-0.4, -0.2) is 59.7 Å². The molecule has 0 aliphatic carbocycles. The smallest absolute Gasteiger partial charge is 0.332 e. The van der Waals surface area contributed by atoms with E-state index >= 15 is 0 Å². The summed E-state index contributed by atoms with van der Waals surface area (Å²) in [6.07, 6.45) is -0.503. The number of likely N-dealkylation sites (N-methyl/N-ethyl adjacent to an activating group) is 2. The van der Waals surface area contributed by atoms with Gasteiger partial charge in [0, 0.05) is 49.5 Å². The Morgan fingerprint density at radius 3 is 1.19 bits per heavy atom. The van der Waals surface area contributed by atoms with Gasteiger partial charge in [-0.25, -0.2) is 9.59 Å². The predicted octanol–water partition coefficient (Wildman–Crippen LogP) is 3.85. The molecule has 2 aromatic rings. The Morgan fingerprint density at radius 1 is 0.611 bits per heavy atom. The van der Waals surface area contributed by atoms with E-state index in [0.717, 1.165) is 12.2 Å². The van der Waals surface area contributed by atoms with Crippen LogP contribution in [0.2, 0.25) is 0 Å². The van der Waals surface area contributed by atoms with Crippen molar-refractivity contribution in [3.63, 3.8) is 0 Å².